The van der Waals surface area contributed by atoms with E-state index >= 15 is 0 Å². The van der Waals surface area contributed by atoms with Crippen LogP contribution in [0.15, 0.2) is 28.7 Å². The van der Waals surface area contributed by atoms with Crippen molar-refractivity contribution >= 4 is 15.9 Å². The minimum atomic E-state index is -0.473. The average molecular weight is 356 g/mol. The van der Waals surface area contributed by atoms with Crippen LogP contribution in [0.2, 0.25) is 0 Å². The second-order valence-electron chi connectivity index (χ2n) is 6.78. The molecule has 1 aromatic rings. The maximum atomic E-state index is 10.0. The molecule has 1 fully saturated rings. The molecule has 2 N–H and O–H groups in total. The van der Waals surface area contributed by atoms with Gasteiger partial charge >= 0.3 is 0 Å². The molecule has 2 rings (SSSR count). The highest BCUT2D eigenvalue weighted by Gasteiger charge is 2.27. The van der Waals surface area contributed by atoms with Gasteiger partial charge in [0.2, 0.25) is 0 Å². The van der Waals surface area contributed by atoms with Gasteiger partial charge in [-0.15, -0.1) is 0 Å². The van der Waals surface area contributed by atoms with Gasteiger partial charge in [-0.25, -0.2) is 0 Å². The average Bonchev–Trinajstić information content (AvgIpc) is 2.43. The summed E-state index contributed by atoms with van der Waals surface area (Å²) in [7, 11) is 0. The molecule has 0 radical (unpaired) electrons. The Balaban J connectivity index is 1.67. The van der Waals surface area contributed by atoms with Gasteiger partial charge in [-0.05, 0) is 48.9 Å². The van der Waals surface area contributed by atoms with Crippen LogP contribution in [0.25, 0.3) is 0 Å². The quantitative estimate of drug-likeness (QED) is 0.816. The fourth-order valence-electron chi connectivity index (χ4n) is 2.96. The first kappa shape index (κ1) is 16.8. The van der Waals surface area contributed by atoms with Crippen LogP contribution in [-0.2, 0) is 0 Å². The van der Waals surface area contributed by atoms with E-state index in [0.29, 0.717) is 24.6 Å². The number of ether oxygens (including phenoxy) is 1. The lowest BCUT2D eigenvalue weighted by atomic mass is 9.75. The molecule has 0 saturated heterocycles. The van der Waals surface area contributed by atoms with Crippen molar-refractivity contribution in [2.75, 3.05) is 13.2 Å². The Morgan fingerprint density at radius 1 is 1.38 bits per heavy atom. The first-order chi connectivity index (χ1) is 9.94. The predicted molar refractivity (Wildman–Crippen MR) is 89.7 cm³/mol. The van der Waals surface area contributed by atoms with E-state index in [0.717, 1.165) is 10.2 Å². The number of aliphatic hydroxyl groups is 1. The zero-order valence-corrected chi connectivity index (χ0v) is 14.5. The smallest absolute Gasteiger partial charge is 0.119 e. The molecule has 2 unspecified atom stereocenters. The minimum Gasteiger partial charge on any atom is -0.491 e. The normalized spacial score (nSPS) is 22.8. The van der Waals surface area contributed by atoms with Crippen LogP contribution in [-0.4, -0.2) is 30.4 Å². The maximum Gasteiger partial charge on any atom is 0.119 e. The van der Waals surface area contributed by atoms with Crippen LogP contribution in [0.5, 0.6) is 5.75 Å². The summed E-state index contributed by atoms with van der Waals surface area (Å²) in [5.41, 5.74) is 0.425. The van der Waals surface area contributed by atoms with Crippen molar-refractivity contribution < 1.29 is 9.84 Å². The van der Waals surface area contributed by atoms with E-state index in [9.17, 15) is 5.11 Å². The van der Waals surface area contributed by atoms with E-state index in [1.807, 2.05) is 24.3 Å². The van der Waals surface area contributed by atoms with Crippen molar-refractivity contribution in [3.8, 4) is 5.75 Å². The van der Waals surface area contributed by atoms with Gasteiger partial charge in [-0.3, -0.25) is 0 Å². The number of rotatable bonds is 6. The molecule has 21 heavy (non-hydrogen) atoms. The zero-order chi connectivity index (χ0) is 15.3. The molecule has 118 valence electrons. The number of hydrogen-bond donors (Lipinski definition) is 2. The highest BCUT2D eigenvalue weighted by Crippen LogP contribution is 2.34. The molecule has 1 saturated carbocycles. The molecule has 1 aromatic carbocycles. The van der Waals surface area contributed by atoms with Gasteiger partial charge in [0, 0.05) is 17.1 Å². The fourth-order valence-corrected chi connectivity index (χ4v) is 3.22. The van der Waals surface area contributed by atoms with Crippen LogP contribution < -0.4 is 10.1 Å². The summed E-state index contributed by atoms with van der Waals surface area (Å²) < 4.78 is 6.62. The lowest BCUT2D eigenvalue weighted by molar-refractivity contribution is 0.0965. The molecule has 0 amide bonds. The summed E-state index contributed by atoms with van der Waals surface area (Å²) in [6.07, 6.45) is 4.51. The van der Waals surface area contributed by atoms with E-state index in [1.165, 1.54) is 25.7 Å². The molecule has 2 atom stereocenters. The van der Waals surface area contributed by atoms with E-state index in [4.69, 9.17) is 4.74 Å². The van der Waals surface area contributed by atoms with Crippen LogP contribution in [0, 0.1) is 5.41 Å². The highest BCUT2D eigenvalue weighted by molar-refractivity contribution is 9.10. The van der Waals surface area contributed by atoms with Crippen LogP contribution in [0.4, 0.5) is 0 Å². The van der Waals surface area contributed by atoms with E-state index < -0.39 is 6.10 Å². The Kier molecular flexibility index (Phi) is 6.08. The van der Waals surface area contributed by atoms with Crippen molar-refractivity contribution in [1.29, 1.82) is 0 Å². The molecular weight excluding hydrogens is 330 g/mol. The summed E-state index contributed by atoms with van der Waals surface area (Å²) in [6, 6.07) is 8.19. The third-order valence-electron chi connectivity index (χ3n) is 4.10. The van der Waals surface area contributed by atoms with Crippen molar-refractivity contribution in [3.05, 3.63) is 28.7 Å². The first-order valence-electron chi connectivity index (χ1n) is 7.74. The van der Waals surface area contributed by atoms with Gasteiger partial charge in [-0.1, -0.05) is 36.2 Å². The predicted octanol–water partition coefficient (Wildman–Crippen LogP) is 3.75. The standard InChI is InChI=1S/C17H26BrNO2/c1-17(2)9-3-4-14(10-17)19-11-15(20)12-21-16-7-5-13(18)6-8-16/h5-8,14-15,19-20H,3-4,9-12H2,1-2H3. The summed E-state index contributed by atoms with van der Waals surface area (Å²) >= 11 is 3.39. The summed E-state index contributed by atoms with van der Waals surface area (Å²) in [4.78, 5) is 0. The molecule has 1 aliphatic carbocycles. The van der Waals surface area contributed by atoms with Gasteiger partial charge in [0.25, 0.3) is 0 Å². The van der Waals surface area contributed by atoms with Gasteiger partial charge in [0.05, 0.1) is 0 Å². The van der Waals surface area contributed by atoms with Crippen LogP contribution in [0.3, 0.4) is 0 Å². The second kappa shape index (κ2) is 7.61. The second-order valence-corrected chi connectivity index (χ2v) is 7.70. The molecule has 0 bridgehead atoms. The van der Waals surface area contributed by atoms with Crippen LogP contribution in [0.1, 0.15) is 39.5 Å². The summed E-state index contributed by atoms with van der Waals surface area (Å²) in [5.74, 6) is 0.788. The van der Waals surface area contributed by atoms with E-state index in [1.54, 1.807) is 0 Å². The van der Waals surface area contributed by atoms with Gasteiger partial charge in [0.15, 0.2) is 0 Å². The van der Waals surface area contributed by atoms with E-state index in [2.05, 4.69) is 35.1 Å². The molecule has 0 spiro atoms. The van der Waals surface area contributed by atoms with Gasteiger partial charge in [0.1, 0.15) is 18.5 Å². The maximum absolute atomic E-state index is 10.0. The Morgan fingerprint density at radius 3 is 2.76 bits per heavy atom. The third kappa shape index (κ3) is 5.97. The highest BCUT2D eigenvalue weighted by atomic mass is 79.9. The van der Waals surface area contributed by atoms with Crippen molar-refractivity contribution in [3.63, 3.8) is 0 Å². The SMILES string of the molecule is CC1(C)CCCC(NCC(O)COc2ccc(Br)cc2)C1. The third-order valence-corrected chi connectivity index (χ3v) is 4.63. The number of hydrogen-bond acceptors (Lipinski definition) is 3. The topological polar surface area (TPSA) is 41.5 Å². The largest absolute Gasteiger partial charge is 0.491 e. The number of halogens is 1. The van der Waals surface area contributed by atoms with Gasteiger partial charge in [-0.2, -0.15) is 0 Å². The van der Waals surface area contributed by atoms with E-state index in [-0.39, 0.29) is 0 Å². The molecular formula is C17H26BrNO2. The molecule has 1 aliphatic rings. The molecule has 4 heteroatoms. The van der Waals surface area contributed by atoms with Crippen molar-refractivity contribution in [2.45, 2.75) is 51.7 Å². The zero-order valence-electron chi connectivity index (χ0n) is 12.9. The summed E-state index contributed by atoms with van der Waals surface area (Å²) in [6.45, 7) is 5.57. The summed E-state index contributed by atoms with van der Waals surface area (Å²) in [5, 5.41) is 13.5. The Hall–Kier alpha value is -0.580. The minimum absolute atomic E-state index is 0.324. The lowest BCUT2D eigenvalue weighted by Crippen LogP contribution is -2.42. The Bertz CT molecular complexity index is 433. The van der Waals surface area contributed by atoms with Crippen molar-refractivity contribution in [1.82, 2.24) is 5.32 Å². The first-order valence-corrected chi connectivity index (χ1v) is 8.54. The molecule has 0 heterocycles. The molecule has 0 aromatic heterocycles. The number of benzene rings is 1. The number of nitrogens with one attached hydrogen (secondary N) is 1. The number of aliphatic hydroxyl groups excluding tert-OH is 1. The van der Waals surface area contributed by atoms with Crippen molar-refractivity contribution in [2.24, 2.45) is 5.41 Å². The fraction of sp³-hybridized carbons (Fsp3) is 0.647. The lowest BCUT2D eigenvalue weighted by Gasteiger charge is -2.36. The Labute approximate surface area is 136 Å². The molecule has 0 aliphatic heterocycles. The Morgan fingerprint density at radius 2 is 2.10 bits per heavy atom. The van der Waals surface area contributed by atoms with Gasteiger partial charge < -0.3 is 15.2 Å². The monoisotopic (exact) mass is 355 g/mol. The molecule has 3 nitrogen and oxygen atoms in total. The van der Waals surface area contributed by atoms with Crippen LogP contribution >= 0.6 is 15.9 Å².